The minimum atomic E-state index is 0.485. The number of nitrogens with two attached hydrogens (primary N) is 1. The number of hydrogen-bond donors (Lipinski definition) is 2. The van der Waals surface area contributed by atoms with Crippen LogP contribution in [-0.2, 0) is 0 Å². The van der Waals surface area contributed by atoms with Crippen molar-refractivity contribution in [2.75, 3.05) is 5.43 Å². The average Bonchev–Trinajstić information content (AvgIpc) is 2.36. The van der Waals surface area contributed by atoms with Gasteiger partial charge in [0.2, 0.25) is 5.88 Å². The molecule has 0 aliphatic carbocycles. The van der Waals surface area contributed by atoms with Gasteiger partial charge in [-0.2, -0.15) is 0 Å². The summed E-state index contributed by atoms with van der Waals surface area (Å²) in [7, 11) is 0. The number of nitrogens with one attached hydrogen (secondary N) is 1. The van der Waals surface area contributed by atoms with Crippen LogP contribution in [0.4, 0.5) is 5.82 Å². The highest BCUT2D eigenvalue weighted by molar-refractivity contribution is 9.10. The first kappa shape index (κ1) is 12.8. The Balaban J connectivity index is 2.37. The molecule has 0 radical (unpaired) electrons. The van der Waals surface area contributed by atoms with Crippen molar-refractivity contribution in [2.24, 2.45) is 5.84 Å². The number of nitrogens with zero attached hydrogens (tertiary/aromatic N) is 2. The molecular formula is C12H13BrN4O. The zero-order chi connectivity index (χ0) is 13.1. The van der Waals surface area contributed by atoms with E-state index in [0.29, 0.717) is 11.7 Å². The summed E-state index contributed by atoms with van der Waals surface area (Å²) >= 11 is 3.41. The predicted molar refractivity (Wildman–Crippen MR) is 73.5 cm³/mol. The molecule has 1 aromatic carbocycles. The second-order valence-electron chi connectivity index (χ2n) is 3.81. The Morgan fingerprint density at radius 3 is 2.78 bits per heavy atom. The first-order valence-electron chi connectivity index (χ1n) is 5.34. The normalized spacial score (nSPS) is 10.2. The van der Waals surface area contributed by atoms with E-state index in [9.17, 15) is 0 Å². The first-order chi connectivity index (χ1) is 8.61. The Kier molecular flexibility index (Phi) is 3.78. The average molecular weight is 309 g/mol. The van der Waals surface area contributed by atoms with E-state index in [2.05, 4.69) is 31.3 Å². The highest BCUT2D eigenvalue weighted by Gasteiger charge is 2.09. The van der Waals surface area contributed by atoms with E-state index in [1.54, 1.807) is 0 Å². The number of halogens is 1. The number of ether oxygens (including phenoxy) is 1. The molecule has 6 heteroatoms. The number of hydrazine groups is 1. The molecule has 0 saturated heterocycles. The van der Waals surface area contributed by atoms with Gasteiger partial charge in [-0.3, -0.25) is 0 Å². The van der Waals surface area contributed by atoms with Crippen LogP contribution in [-0.4, -0.2) is 9.97 Å². The summed E-state index contributed by atoms with van der Waals surface area (Å²) in [6.07, 6.45) is 1.41. The number of aryl methyl sites for hydroxylation is 1. The highest BCUT2D eigenvalue weighted by atomic mass is 79.9. The van der Waals surface area contributed by atoms with Crippen LogP contribution < -0.4 is 16.0 Å². The van der Waals surface area contributed by atoms with E-state index in [1.165, 1.54) is 6.33 Å². The standard InChI is InChI=1S/C12H13BrN4O/c1-7-3-4-9(13)5-10(7)18-12-8(2)11(17-14)15-6-16-12/h3-6H,14H2,1-2H3,(H,15,16,17). The number of nitrogen functional groups attached to an aromatic ring is 1. The Labute approximate surface area is 113 Å². The highest BCUT2D eigenvalue weighted by Crippen LogP contribution is 2.30. The minimum absolute atomic E-state index is 0.485. The molecule has 5 nitrogen and oxygen atoms in total. The molecule has 0 unspecified atom stereocenters. The third kappa shape index (κ3) is 2.60. The summed E-state index contributed by atoms with van der Waals surface area (Å²) in [6, 6.07) is 5.83. The number of aromatic nitrogens is 2. The predicted octanol–water partition coefficient (Wildman–Crippen LogP) is 2.93. The summed E-state index contributed by atoms with van der Waals surface area (Å²) in [6.45, 7) is 3.82. The molecule has 3 N–H and O–H groups in total. The molecular weight excluding hydrogens is 296 g/mol. The fraction of sp³-hybridized carbons (Fsp3) is 0.167. The Hall–Kier alpha value is -1.66. The van der Waals surface area contributed by atoms with Crippen molar-refractivity contribution in [1.29, 1.82) is 0 Å². The lowest BCUT2D eigenvalue weighted by Gasteiger charge is -2.11. The number of anilines is 1. The van der Waals surface area contributed by atoms with E-state index in [1.807, 2.05) is 32.0 Å². The lowest BCUT2D eigenvalue weighted by molar-refractivity contribution is 0.454. The van der Waals surface area contributed by atoms with Crippen LogP contribution in [0.15, 0.2) is 29.0 Å². The van der Waals surface area contributed by atoms with Crippen LogP contribution in [0.1, 0.15) is 11.1 Å². The molecule has 0 amide bonds. The molecule has 0 atom stereocenters. The van der Waals surface area contributed by atoms with Crippen molar-refractivity contribution in [2.45, 2.75) is 13.8 Å². The fourth-order valence-electron chi connectivity index (χ4n) is 1.47. The number of rotatable bonds is 3. The summed E-state index contributed by atoms with van der Waals surface area (Å²) in [4.78, 5) is 8.11. The maximum absolute atomic E-state index is 5.79. The summed E-state index contributed by atoms with van der Waals surface area (Å²) in [5.41, 5.74) is 4.30. The molecule has 0 saturated carbocycles. The van der Waals surface area contributed by atoms with Crippen molar-refractivity contribution < 1.29 is 4.74 Å². The van der Waals surface area contributed by atoms with Crippen molar-refractivity contribution in [3.63, 3.8) is 0 Å². The van der Waals surface area contributed by atoms with Gasteiger partial charge in [-0.25, -0.2) is 15.8 Å². The van der Waals surface area contributed by atoms with Crippen molar-refractivity contribution in [3.8, 4) is 11.6 Å². The molecule has 0 aliphatic rings. The topological polar surface area (TPSA) is 73.1 Å². The molecule has 0 fully saturated rings. The van der Waals surface area contributed by atoms with E-state index < -0.39 is 0 Å². The maximum Gasteiger partial charge on any atom is 0.227 e. The first-order valence-corrected chi connectivity index (χ1v) is 6.13. The van der Waals surface area contributed by atoms with Gasteiger partial charge in [0.1, 0.15) is 17.9 Å². The fourth-order valence-corrected chi connectivity index (χ4v) is 1.81. The van der Waals surface area contributed by atoms with Crippen molar-refractivity contribution >= 4 is 21.7 Å². The van der Waals surface area contributed by atoms with Gasteiger partial charge in [0, 0.05) is 4.47 Å². The van der Waals surface area contributed by atoms with Crippen molar-refractivity contribution in [3.05, 3.63) is 40.1 Å². The zero-order valence-electron chi connectivity index (χ0n) is 10.1. The molecule has 94 valence electrons. The molecule has 2 aromatic rings. The Morgan fingerprint density at radius 1 is 1.28 bits per heavy atom. The second kappa shape index (κ2) is 5.32. The molecule has 0 bridgehead atoms. The van der Waals surface area contributed by atoms with Gasteiger partial charge < -0.3 is 10.2 Å². The van der Waals surface area contributed by atoms with E-state index in [0.717, 1.165) is 21.3 Å². The lowest BCUT2D eigenvalue weighted by atomic mass is 10.2. The van der Waals surface area contributed by atoms with Gasteiger partial charge in [-0.05, 0) is 31.5 Å². The van der Waals surface area contributed by atoms with Gasteiger partial charge in [0.25, 0.3) is 0 Å². The molecule has 18 heavy (non-hydrogen) atoms. The summed E-state index contributed by atoms with van der Waals surface area (Å²) < 4.78 is 6.74. The van der Waals surface area contributed by atoms with E-state index in [4.69, 9.17) is 10.6 Å². The van der Waals surface area contributed by atoms with Crippen LogP contribution in [0.25, 0.3) is 0 Å². The van der Waals surface area contributed by atoms with Crippen LogP contribution in [0, 0.1) is 13.8 Å². The van der Waals surface area contributed by atoms with Gasteiger partial charge in [-0.15, -0.1) is 0 Å². The molecule has 0 aliphatic heterocycles. The third-order valence-electron chi connectivity index (χ3n) is 2.53. The number of benzene rings is 1. The maximum atomic E-state index is 5.79. The Morgan fingerprint density at radius 2 is 2.06 bits per heavy atom. The quantitative estimate of drug-likeness (QED) is 0.673. The van der Waals surface area contributed by atoms with Crippen LogP contribution >= 0.6 is 15.9 Å². The Bertz CT molecular complexity index is 574. The summed E-state index contributed by atoms with van der Waals surface area (Å²) in [5, 5.41) is 0. The largest absolute Gasteiger partial charge is 0.438 e. The van der Waals surface area contributed by atoms with Crippen LogP contribution in [0.5, 0.6) is 11.6 Å². The molecule has 0 spiro atoms. The van der Waals surface area contributed by atoms with Gasteiger partial charge in [-0.1, -0.05) is 22.0 Å². The van der Waals surface area contributed by atoms with E-state index >= 15 is 0 Å². The zero-order valence-corrected chi connectivity index (χ0v) is 11.7. The SMILES string of the molecule is Cc1ccc(Br)cc1Oc1ncnc(NN)c1C. The smallest absolute Gasteiger partial charge is 0.227 e. The summed E-state index contributed by atoms with van der Waals surface area (Å²) in [5.74, 6) is 7.14. The third-order valence-corrected chi connectivity index (χ3v) is 3.02. The molecule has 2 rings (SSSR count). The minimum Gasteiger partial charge on any atom is -0.438 e. The molecule has 1 heterocycles. The van der Waals surface area contributed by atoms with Crippen molar-refractivity contribution in [1.82, 2.24) is 9.97 Å². The number of hydrogen-bond acceptors (Lipinski definition) is 5. The van der Waals surface area contributed by atoms with Crippen LogP contribution in [0.3, 0.4) is 0 Å². The van der Waals surface area contributed by atoms with Gasteiger partial charge in [0.05, 0.1) is 5.56 Å². The second-order valence-corrected chi connectivity index (χ2v) is 4.72. The lowest BCUT2D eigenvalue weighted by Crippen LogP contribution is -2.11. The monoisotopic (exact) mass is 308 g/mol. The molecule has 1 aromatic heterocycles. The van der Waals surface area contributed by atoms with E-state index in [-0.39, 0.29) is 0 Å². The van der Waals surface area contributed by atoms with Gasteiger partial charge in [0.15, 0.2) is 0 Å². The van der Waals surface area contributed by atoms with Crippen LogP contribution in [0.2, 0.25) is 0 Å². The van der Waals surface area contributed by atoms with Gasteiger partial charge >= 0.3 is 0 Å².